The van der Waals surface area contributed by atoms with Crippen molar-refractivity contribution in [3.8, 4) is 0 Å². The maximum absolute atomic E-state index is 6.56. The van der Waals surface area contributed by atoms with Crippen LogP contribution in [0.15, 0.2) is 60.3 Å². The van der Waals surface area contributed by atoms with Crippen molar-refractivity contribution in [2.24, 2.45) is 0 Å². The van der Waals surface area contributed by atoms with Crippen LogP contribution >= 0.6 is 22.9 Å². The molecular weight excluding hydrogens is 440 g/mol. The van der Waals surface area contributed by atoms with Gasteiger partial charge in [0.15, 0.2) is 0 Å². The highest BCUT2D eigenvalue weighted by Crippen LogP contribution is 2.37. The van der Waals surface area contributed by atoms with Crippen LogP contribution in [0.5, 0.6) is 0 Å². The van der Waals surface area contributed by atoms with Gasteiger partial charge in [-0.2, -0.15) is 0 Å². The van der Waals surface area contributed by atoms with Crippen LogP contribution in [0.3, 0.4) is 0 Å². The van der Waals surface area contributed by atoms with E-state index in [1.807, 2.05) is 18.2 Å². The molecule has 1 atom stereocenters. The predicted octanol–water partition coefficient (Wildman–Crippen LogP) is 5.57. The Hall–Kier alpha value is -1.96. The van der Waals surface area contributed by atoms with Crippen LogP contribution in [0, 0.1) is 0 Å². The molecular formula is C25H29ClN4OS. The number of morpholine rings is 1. The molecule has 1 saturated heterocycles. The standard InChI is InChI=1S/C25H29ClN4OS/c1-19-17-30(25-27-22-9-4-5-11-24(22)32-25)29(18-20-7-2-3-8-21(20)26)23(19)10-6-12-28-13-15-31-16-14-28/h2-5,7-9,11,17,23H,6,10,12-16,18H2,1H3. The summed E-state index contributed by atoms with van der Waals surface area (Å²) >= 11 is 8.29. The van der Waals surface area contributed by atoms with Gasteiger partial charge in [-0.15, -0.1) is 0 Å². The number of para-hydroxylation sites is 1. The van der Waals surface area contributed by atoms with Gasteiger partial charge in [-0.1, -0.05) is 53.3 Å². The minimum Gasteiger partial charge on any atom is -0.379 e. The van der Waals surface area contributed by atoms with Crippen LogP contribution in [0.4, 0.5) is 5.13 Å². The molecule has 1 aromatic heterocycles. The van der Waals surface area contributed by atoms with Gasteiger partial charge in [0.25, 0.3) is 0 Å². The van der Waals surface area contributed by atoms with Gasteiger partial charge in [0.2, 0.25) is 5.13 Å². The summed E-state index contributed by atoms with van der Waals surface area (Å²) in [6.45, 7) is 7.91. The summed E-state index contributed by atoms with van der Waals surface area (Å²) in [5.74, 6) is 0. The lowest BCUT2D eigenvalue weighted by Crippen LogP contribution is -2.42. The maximum atomic E-state index is 6.56. The topological polar surface area (TPSA) is 31.8 Å². The second-order valence-corrected chi connectivity index (χ2v) is 9.90. The highest BCUT2D eigenvalue weighted by Gasteiger charge is 2.33. The van der Waals surface area contributed by atoms with Crippen molar-refractivity contribution in [3.63, 3.8) is 0 Å². The van der Waals surface area contributed by atoms with E-state index in [0.29, 0.717) is 6.04 Å². The number of hydrogen-bond donors (Lipinski definition) is 0. The summed E-state index contributed by atoms with van der Waals surface area (Å²) in [6, 6.07) is 16.8. The first-order valence-electron chi connectivity index (χ1n) is 11.3. The lowest BCUT2D eigenvalue weighted by atomic mass is 10.0. The Morgan fingerprint density at radius 1 is 1.09 bits per heavy atom. The van der Waals surface area contributed by atoms with Gasteiger partial charge in [0, 0.05) is 30.9 Å². The molecule has 1 fully saturated rings. The van der Waals surface area contributed by atoms with Crippen LogP contribution in [-0.2, 0) is 11.3 Å². The highest BCUT2D eigenvalue weighted by molar-refractivity contribution is 7.22. The molecule has 0 amide bonds. The molecule has 2 aliphatic heterocycles. The van der Waals surface area contributed by atoms with Crippen LogP contribution in [0.25, 0.3) is 10.2 Å². The van der Waals surface area contributed by atoms with Crippen molar-refractivity contribution < 1.29 is 4.74 Å². The van der Waals surface area contributed by atoms with Crippen molar-refractivity contribution in [3.05, 3.63) is 70.9 Å². The smallest absolute Gasteiger partial charge is 0.205 e. The van der Waals surface area contributed by atoms with Crippen LogP contribution < -0.4 is 5.01 Å². The van der Waals surface area contributed by atoms with Crippen LogP contribution in [0.2, 0.25) is 5.02 Å². The summed E-state index contributed by atoms with van der Waals surface area (Å²) in [4.78, 5) is 7.45. The molecule has 0 aliphatic carbocycles. The average molecular weight is 469 g/mol. The van der Waals surface area contributed by atoms with Gasteiger partial charge < -0.3 is 4.74 Å². The monoisotopic (exact) mass is 468 g/mol. The number of benzene rings is 2. The Morgan fingerprint density at radius 3 is 2.69 bits per heavy atom. The van der Waals surface area contributed by atoms with E-state index >= 15 is 0 Å². The van der Waals surface area contributed by atoms with Gasteiger partial charge in [-0.3, -0.25) is 9.91 Å². The Bertz CT molecular complexity index is 1060. The van der Waals surface area contributed by atoms with E-state index in [1.165, 1.54) is 10.3 Å². The zero-order valence-electron chi connectivity index (χ0n) is 18.4. The van der Waals surface area contributed by atoms with Crippen molar-refractivity contribution in [2.75, 3.05) is 37.9 Å². The van der Waals surface area contributed by atoms with E-state index < -0.39 is 0 Å². The predicted molar refractivity (Wildman–Crippen MR) is 133 cm³/mol. The van der Waals surface area contributed by atoms with E-state index in [0.717, 1.165) is 73.5 Å². The third kappa shape index (κ3) is 4.70. The lowest BCUT2D eigenvalue weighted by Gasteiger charge is -2.33. The molecule has 0 radical (unpaired) electrons. The number of hydrazine groups is 1. The number of hydrogen-bond acceptors (Lipinski definition) is 6. The molecule has 0 bridgehead atoms. The highest BCUT2D eigenvalue weighted by atomic mass is 35.5. The Labute approximate surface area is 198 Å². The number of anilines is 1. The normalized spacial score (nSPS) is 20.2. The maximum Gasteiger partial charge on any atom is 0.205 e. The fraction of sp³-hybridized carbons (Fsp3) is 0.400. The van der Waals surface area contributed by atoms with Gasteiger partial charge in [0.1, 0.15) is 0 Å². The van der Waals surface area contributed by atoms with E-state index in [2.05, 4.69) is 58.4 Å². The summed E-state index contributed by atoms with van der Waals surface area (Å²) in [5, 5.41) is 6.51. The van der Waals surface area contributed by atoms with Crippen molar-refractivity contribution in [2.45, 2.75) is 32.4 Å². The molecule has 2 aliphatic rings. The molecule has 0 saturated carbocycles. The minimum absolute atomic E-state index is 0.333. The Kier molecular flexibility index (Phi) is 6.76. The van der Waals surface area contributed by atoms with Crippen molar-refractivity contribution in [1.82, 2.24) is 14.9 Å². The van der Waals surface area contributed by atoms with Crippen molar-refractivity contribution in [1.29, 1.82) is 0 Å². The van der Waals surface area contributed by atoms with Crippen molar-refractivity contribution >= 4 is 38.3 Å². The lowest BCUT2D eigenvalue weighted by molar-refractivity contribution is 0.0364. The number of halogens is 1. The van der Waals surface area contributed by atoms with Crippen LogP contribution in [-0.4, -0.2) is 53.8 Å². The summed E-state index contributed by atoms with van der Waals surface area (Å²) in [6.07, 6.45) is 4.52. The fourth-order valence-corrected chi connectivity index (χ4v) is 5.71. The van der Waals surface area contributed by atoms with E-state index in [-0.39, 0.29) is 0 Å². The number of nitrogens with zero attached hydrogens (tertiary/aromatic N) is 4. The number of aromatic nitrogens is 1. The first kappa shape index (κ1) is 21.9. The third-order valence-electron chi connectivity index (χ3n) is 6.31. The zero-order valence-corrected chi connectivity index (χ0v) is 20.0. The van der Waals surface area contributed by atoms with Gasteiger partial charge >= 0.3 is 0 Å². The summed E-state index contributed by atoms with van der Waals surface area (Å²) in [7, 11) is 0. The largest absolute Gasteiger partial charge is 0.379 e. The molecule has 168 valence electrons. The van der Waals surface area contributed by atoms with Crippen LogP contribution in [0.1, 0.15) is 25.3 Å². The quantitative estimate of drug-likeness (QED) is 0.452. The van der Waals surface area contributed by atoms with E-state index in [1.54, 1.807) is 11.3 Å². The molecule has 2 aromatic carbocycles. The molecule has 5 rings (SSSR count). The fourth-order valence-electron chi connectivity index (χ4n) is 4.56. The van der Waals surface area contributed by atoms with Gasteiger partial charge in [-0.25, -0.2) is 9.99 Å². The molecule has 0 spiro atoms. The zero-order chi connectivity index (χ0) is 21.9. The molecule has 0 N–H and O–H groups in total. The first-order chi connectivity index (χ1) is 15.7. The minimum atomic E-state index is 0.333. The number of rotatable bonds is 7. The summed E-state index contributed by atoms with van der Waals surface area (Å²) in [5.41, 5.74) is 3.56. The molecule has 5 nitrogen and oxygen atoms in total. The van der Waals surface area contributed by atoms with E-state index in [4.69, 9.17) is 21.3 Å². The summed E-state index contributed by atoms with van der Waals surface area (Å²) < 4.78 is 6.71. The number of fused-ring (bicyclic) bond motifs is 1. The molecule has 32 heavy (non-hydrogen) atoms. The molecule has 1 unspecified atom stereocenters. The first-order valence-corrected chi connectivity index (χ1v) is 12.5. The van der Waals surface area contributed by atoms with Gasteiger partial charge in [0.05, 0.1) is 29.5 Å². The number of thiazole rings is 1. The Morgan fingerprint density at radius 2 is 1.88 bits per heavy atom. The Balaban J connectivity index is 1.38. The molecule has 7 heteroatoms. The second-order valence-electron chi connectivity index (χ2n) is 8.48. The molecule has 3 aromatic rings. The van der Waals surface area contributed by atoms with E-state index in [9.17, 15) is 0 Å². The third-order valence-corrected chi connectivity index (χ3v) is 7.71. The molecule has 3 heterocycles. The number of ether oxygens (including phenoxy) is 1. The SMILES string of the molecule is CC1=CN(c2nc3ccccc3s2)N(Cc2ccccc2Cl)C1CCCN1CCOCC1. The van der Waals surface area contributed by atoms with Gasteiger partial charge in [-0.05, 0) is 55.6 Å². The second kappa shape index (κ2) is 9.89. The average Bonchev–Trinajstić information content (AvgIpc) is 3.37.